The molecule has 0 spiro atoms. The Kier molecular flexibility index (Phi) is 2.31. The number of nitrogens with zero attached hydrogens (tertiary/aromatic N) is 1. The summed E-state index contributed by atoms with van der Waals surface area (Å²) in [4.78, 5) is 1.52. The van der Waals surface area contributed by atoms with E-state index in [2.05, 4.69) is 65.5 Å². The van der Waals surface area contributed by atoms with Gasteiger partial charge < -0.3 is 4.57 Å². The lowest BCUT2D eigenvalue weighted by Gasteiger charge is -2.30. The van der Waals surface area contributed by atoms with Crippen LogP contribution in [0.15, 0.2) is 53.9 Å². The van der Waals surface area contributed by atoms with Gasteiger partial charge in [-0.1, -0.05) is 36.4 Å². The molecule has 0 saturated heterocycles. The number of hydrogen-bond acceptors (Lipinski definition) is 1. The Morgan fingerprint density at radius 1 is 1.10 bits per heavy atom. The monoisotopic (exact) mass is 291 g/mol. The van der Waals surface area contributed by atoms with Gasteiger partial charge in [-0.15, -0.1) is 11.3 Å². The van der Waals surface area contributed by atoms with Gasteiger partial charge in [0.1, 0.15) is 0 Å². The Morgan fingerprint density at radius 3 is 2.86 bits per heavy atom. The second kappa shape index (κ2) is 4.11. The molecule has 0 N–H and O–H groups in total. The zero-order chi connectivity index (χ0) is 14.0. The van der Waals surface area contributed by atoms with E-state index in [0.29, 0.717) is 17.8 Å². The third-order valence-electron chi connectivity index (χ3n) is 5.25. The summed E-state index contributed by atoms with van der Waals surface area (Å²) in [6.07, 6.45) is 6.18. The van der Waals surface area contributed by atoms with Crippen LogP contribution in [0.25, 0.3) is 10.9 Å². The first-order valence-electron chi connectivity index (χ1n) is 7.63. The Morgan fingerprint density at radius 2 is 2.00 bits per heavy atom. The van der Waals surface area contributed by atoms with Crippen LogP contribution in [-0.2, 0) is 7.05 Å². The largest absolute Gasteiger partial charge is 0.347 e. The highest BCUT2D eigenvalue weighted by atomic mass is 32.1. The van der Waals surface area contributed by atoms with Crippen LogP contribution in [0.4, 0.5) is 0 Å². The summed E-state index contributed by atoms with van der Waals surface area (Å²) in [5.74, 6) is 1.83. The van der Waals surface area contributed by atoms with Crippen LogP contribution in [-0.4, -0.2) is 4.57 Å². The number of allylic oxidation sites excluding steroid dienone is 2. The van der Waals surface area contributed by atoms with Crippen molar-refractivity contribution in [1.82, 2.24) is 4.57 Å². The van der Waals surface area contributed by atoms with E-state index in [1.165, 1.54) is 22.2 Å². The summed E-state index contributed by atoms with van der Waals surface area (Å²) in [6.45, 7) is 0. The molecule has 21 heavy (non-hydrogen) atoms. The minimum Gasteiger partial charge on any atom is -0.347 e. The van der Waals surface area contributed by atoms with Crippen molar-refractivity contribution in [3.8, 4) is 0 Å². The molecule has 3 aromatic rings. The lowest BCUT2D eigenvalue weighted by atomic mass is 9.76. The van der Waals surface area contributed by atoms with Gasteiger partial charge in [-0.3, -0.25) is 0 Å². The Labute approximate surface area is 128 Å². The molecule has 2 aliphatic rings. The van der Waals surface area contributed by atoms with Gasteiger partial charge in [0.05, 0.1) is 0 Å². The van der Waals surface area contributed by atoms with E-state index in [1.54, 1.807) is 11.3 Å². The van der Waals surface area contributed by atoms with Gasteiger partial charge in [-0.05, 0) is 35.4 Å². The number of hydrogen-bond donors (Lipinski definition) is 0. The average molecular weight is 291 g/mol. The quantitative estimate of drug-likeness (QED) is 0.553. The van der Waals surface area contributed by atoms with E-state index >= 15 is 0 Å². The van der Waals surface area contributed by atoms with Crippen LogP contribution in [0.5, 0.6) is 0 Å². The predicted molar refractivity (Wildman–Crippen MR) is 89.1 cm³/mol. The molecule has 2 heterocycles. The molecule has 104 valence electrons. The lowest BCUT2D eigenvalue weighted by molar-refractivity contribution is 0.491. The van der Waals surface area contributed by atoms with Crippen molar-refractivity contribution in [1.29, 1.82) is 0 Å². The first-order valence-corrected chi connectivity index (χ1v) is 8.51. The summed E-state index contributed by atoms with van der Waals surface area (Å²) in [7, 11) is 2.24. The van der Waals surface area contributed by atoms with E-state index in [4.69, 9.17) is 0 Å². The second-order valence-electron chi connectivity index (χ2n) is 6.26. The van der Waals surface area contributed by atoms with Gasteiger partial charge in [0, 0.05) is 40.4 Å². The highest BCUT2D eigenvalue weighted by molar-refractivity contribution is 7.10. The molecule has 2 bridgehead atoms. The third-order valence-corrected chi connectivity index (χ3v) is 6.21. The number of aryl methyl sites for hydroxylation is 1. The summed E-state index contributed by atoms with van der Waals surface area (Å²) >= 11 is 1.91. The summed E-state index contributed by atoms with van der Waals surface area (Å²) in [5, 5.41) is 3.66. The van der Waals surface area contributed by atoms with Crippen molar-refractivity contribution in [2.45, 2.75) is 18.3 Å². The number of para-hydroxylation sites is 1. The molecule has 5 rings (SSSR count). The zero-order valence-electron chi connectivity index (χ0n) is 12.0. The fourth-order valence-electron chi connectivity index (χ4n) is 4.43. The molecule has 2 heteroatoms. The van der Waals surface area contributed by atoms with E-state index < -0.39 is 0 Å². The van der Waals surface area contributed by atoms with Gasteiger partial charge >= 0.3 is 0 Å². The molecule has 0 fully saturated rings. The van der Waals surface area contributed by atoms with Crippen LogP contribution < -0.4 is 0 Å². The molecule has 0 amide bonds. The average Bonchev–Trinajstić information content (AvgIpc) is 3.22. The van der Waals surface area contributed by atoms with Crippen LogP contribution in [0.3, 0.4) is 0 Å². The fourth-order valence-corrected chi connectivity index (χ4v) is 5.34. The maximum Gasteiger partial charge on any atom is 0.0483 e. The Bertz CT molecular complexity index is 853. The van der Waals surface area contributed by atoms with Crippen molar-refractivity contribution in [3.63, 3.8) is 0 Å². The minimum absolute atomic E-state index is 0.543. The Hall–Kier alpha value is -1.80. The van der Waals surface area contributed by atoms with Crippen molar-refractivity contribution < 1.29 is 0 Å². The normalized spacial score (nSPS) is 26.4. The number of thiophene rings is 1. The van der Waals surface area contributed by atoms with Crippen LogP contribution in [0, 0.1) is 5.92 Å². The predicted octanol–water partition coefficient (Wildman–Crippen LogP) is 5.05. The van der Waals surface area contributed by atoms with Crippen LogP contribution >= 0.6 is 11.3 Å². The molecular formula is C19H17NS. The molecule has 0 unspecified atom stereocenters. The number of aromatic nitrogens is 1. The van der Waals surface area contributed by atoms with Gasteiger partial charge in [0.2, 0.25) is 0 Å². The highest BCUT2D eigenvalue weighted by Crippen LogP contribution is 2.54. The van der Waals surface area contributed by atoms with Gasteiger partial charge in [0.25, 0.3) is 0 Å². The molecule has 0 saturated carbocycles. The third kappa shape index (κ3) is 1.46. The number of benzene rings is 1. The number of rotatable bonds is 1. The minimum atomic E-state index is 0.543. The van der Waals surface area contributed by atoms with Crippen LogP contribution in [0.2, 0.25) is 0 Å². The highest BCUT2D eigenvalue weighted by Gasteiger charge is 2.40. The summed E-state index contributed by atoms with van der Waals surface area (Å²) in [6, 6.07) is 13.4. The van der Waals surface area contributed by atoms with Gasteiger partial charge in [-0.25, -0.2) is 0 Å². The molecule has 2 aliphatic carbocycles. The van der Waals surface area contributed by atoms with Gasteiger partial charge in [-0.2, -0.15) is 0 Å². The van der Waals surface area contributed by atoms with E-state index in [9.17, 15) is 0 Å². The standard InChI is InChI=1S/C19H17NS/c1-20-15-6-3-2-5-14(15)18-17(16-7-4-10-21-16)12-8-9-13(11-12)19(18)20/h2-10,12-13,17H,11H2,1H3/t12-,13+,17+/m1/s1. The summed E-state index contributed by atoms with van der Waals surface area (Å²) in [5.41, 5.74) is 4.51. The molecule has 1 nitrogen and oxygen atoms in total. The van der Waals surface area contributed by atoms with Crippen molar-refractivity contribution in [2.75, 3.05) is 0 Å². The maximum absolute atomic E-state index is 2.46. The van der Waals surface area contributed by atoms with Gasteiger partial charge in [0.15, 0.2) is 0 Å². The number of fused-ring (bicyclic) bond motifs is 6. The first-order chi connectivity index (χ1) is 10.3. The molecule has 0 radical (unpaired) electrons. The molecule has 3 atom stereocenters. The SMILES string of the molecule is Cn1c2c(c3ccccc31)[C@H](c1cccs1)[C@@H]1C=C[C@H]2C1. The molecular weight excluding hydrogens is 274 g/mol. The smallest absolute Gasteiger partial charge is 0.0483 e. The lowest BCUT2D eigenvalue weighted by Crippen LogP contribution is -2.19. The van der Waals surface area contributed by atoms with Crippen LogP contribution in [0.1, 0.15) is 34.4 Å². The van der Waals surface area contributed by atoms with E-state index in [0.717, 1.165) is 0 Å². The Balaban J connectivity index is 1.89. The zero-order valence-corrected chi connectivity index (χ0v) is 12.8. The maximum atomic E-state index is 2.46. The van der Waals surface area contributed by atoms with Crippen molar-refractivity contribution in [3.05, 3.63) is 70.1 Å². The summed E-state index contributed by atoms with van der Waals surface area (Å²) < 4.78 is 2.43. The molecule has 1 aromatic carbocycles. The van der Waals surface area contributed by atoms with Crippen molar-refractivity contribution >= 4 is 22.2 Å². The van der Waals surface area contributed by atoms with Crippen molar-refractivity contribution in [2.24, 2.45) is 13.0 Å². The first kappa shape index (κ1) is 11.8. The molecule has 0 aliphatic heterocycles. The second-order valence-corrected chi connectivity index (χ2v) is 7.24. The topological polar surface area (TPSA) is 4.93 Å². The fraction of sp³-hybridized carbons (Fsp3) is 0.263. The molecule has 2 aromatic heterocycles. The van der Waals surface area contributed by atoms with E-state index in [1.807, 2.05) is 11.3 Å². The van der Waals surface area contributed by atoms with E-state index in [-0.39, 0.29) is 0 Å².